The Kier molecular flexibility index (Phi) is 6.24. The number of hydrogen-bond acceptors (Lipinski definition) is 3. The number of hydrogen-bond donors (Lipinski definition) is 2. The average Bonchev–Trinajstić information content (AvgIpc) is 2.62. The number of halogens is 1. The molecule has 4 nitrogen and oxygen atoms in total. The highest BCUT2D eigenvalue weighted by molar-refractivity contribution is 8.00. The Morgan fingerprint density at radius 2 is 1.88 bits per heavy atom. The normalized spacial score (nSPS) is 16.2. The Morgan fingerprint density at radius 3 is 2.60 bits per heavy atom. The summed E-state index contributed by atoms with van der Waals surface area (Å²) < 4.78 is 5.47. The Balaban J connectivity index is 1.61. The zero-order valence-electron chi connectivity index (χ0n) is 13.8. The molecule has 1 aliphatic heterocycles. The van der Waals surface area contributed by atoms with Crippen molar-refractivity contribution in [2.45, 2.75) is 22.5 Å². The largest absolute Gasteiger partial charge is 0.381 e. The van der Waals surface area contributed by atoms with Gasteiger partial charge in [0.15, 0.2) is 0 Å². The van der Waals surface area contributed by atoms with Crippen molar-refractivity contribution < 1.29 is 9.53 Å². The third-order valence-corrected chi connectivity index (χ3v) is 5.86. The molecule has 0 aromatic heterocycles. The fourth-order valence-corrected chi connectivity index (χ4v) is 4.28. The second-order valence-electron chi connectivity index (χ2n) is 6.03. The Morgan fingerprint density at radius 1 is 1.12 bits per heavy atom. The predicted molar refractivity (Wildman–Crippen MR) is 104 cm³/mol. The second-order valence-corrected chi connectivity index (χ2v) is 8.01. The topological polar surface area (TPSA) is 50.4 Å². The van der Waals surface area contributed by atoms with E-state index in [9.17, 15) is 4.79 Å². The lowest BCUT2D eigenvalue weighted by molar-refractivity contribution is 0.0777. The van der Waals surface area contributed by atoms with Crippen LogP contribution in [0.25, 0.3) is 0 Å². The molecule has 1 saturated heterocycles. The summed E-state index contributed by atoms with van der Waals surface area (Å²) in [7, 11) is 0. The number of thioether (sulfide) groups is 1. The van der Waals surface area contributed by atoms with Gasteiger partial charge < -0.3 is 15.4 Å². The zero-order valence-corrected chi connectivity index (χ0v) is 15.4. The monoisotopic (exact) mass is 376 g/mol. The van der Waals surface area contributed by atoms with E-state index in [0.29, 0.717) is 17.3 Å². The standard InChI is InChI=1S/C19H21ClN2O2S/c20-15-5-4-6-16(13-15)22-18(23)21-14-19(9-11-24-12-10-19)25-17-7-2-1-3-8-17/h1-8,13H,9-12,14H2,(H2,21,22,23). The van der Waals surface area contributed by atoms with Gasteiger partial charge in [0, 0.05) is 40.1 Å². The van der Waals surface area contributed by atoms with Crippen LogP contribution >= 0.6 is 23.4 Å². The molecule has 2 aromatic carbocycles. The van der Waals surface area contributed by atoms with Crippen LogP contribution in [0.1, 0.15) is 12.8 Å². The lowest BCUT2D eigenvalue weighted by Crippen LogP contribution is -2.45. The molecule has 0 atom stereocenters. The van der Waals surface area contributed by atoms with Crippen LogP contribution < -0.4 is 10.6 Å². The molecule has 0 saturated carbocycles. The van der Waals surface area contributed by atoms with Gasteiger partial charge in [0.1, 0.15) is 0 Å². The molecule has 132 valence electrons. The molecule has 2 aromatic rings. The van der Waals surface area contributed by atoms with Gasteiger partial charge >= 0.3 is 6.03 Å². The zero-order chi connectivity index (χ0) is 17.5. The molecule has 1 heterocycles. The van der Waals surface area contributed by atoms with Crippen molar-refractivity contribution in [1.82, 2.24) is 5.32 Å². The highest BCUT2D eigenvalue weighted by Crippen LogP contribution is 2.40. The molecule has 1 fully saturated rings. The van der Waals surface area contributed by atoms with Gasteiger partial charge in [-0.2, -0.15) is 0 Å². The SMILES string of the molecule is O=C(NCC1(Sc2ccccc2)CCOCC1)Nc1cccc(Cl)c1. The van der Waals surface area contributed by atoms with E-state index in [-0.39, 0.29) is 10.8 Å². The molecular weight excluding hydrogens is 356 g/mol. The lowest BCUT2D eigenvalue weighted by Gasteiger charge is -2.36. The van der Waals surface area contributed by atoms with Crippen molar-refractivity contribution >= 4 is 35.1 Å². The number of urea groups is 1. The van der Waals surface area contributed by atoms with Crippen molar-refractivity contribution in [3.63, 3.8) is 0 Å². The molecule has 0 bridgehead atoms. The summed E-state index contributed by atoms with van der Waals surface area (Å²) >= 11 is 7.77. The van der Waals surface area contributed by atoms with Gasteiger partial charge in [0.2, 0.25) is 0 Å². The highest BCUT2D eigenvalue weighted by Gasteiger charge is 2.34. The van der Waals surface area contributed by atoms with Crippen LogP contribution in [0, 0.1) is 0 Å². The van der Waals surface area contributed by atoms with Gasteiger partial charge in [-0.05, 0) is 43.2 Å². The number of carbonyl (C=O) groups is 1. The summed E-state index contributed by atoms with van der Waals surface area (Å²) in [5.41, 5.74) is 0.682. The molecule has 0 spiro atoms. The summed E-state index contributed by atoms with van der Waals surface area (Å²) in [4.78, 5) is 13.5. The molecule has 25 heavy (non-hydrogen) atoms. The lowest BCUT2D eigenvalue weighted by atomic mass is 9.99. The molecule has 3 rings (SSSR count). The van der Waals surface area contributed by atoms with Gasteiger partial charge in [0.05, 0.1) is 0 Å². The molecular formula is C19H21ClN2O2S. The third kappa shape index (κ3) is 5.39. The van der Waals surface area contributed by atoms with E-state index in [1.165, 1.54) is 4.90 Å². The van der Waals surface area contributed by atoms with Crippen LogP contribution in [-0.2, 0) is 4.74 Å². The quantitative estimate of drug-likeness (QED) is 0.787. The summed E-state index contributed by atoms with van der Waals surface area (Å²) in [6.45, 7) is 2.02. The molecule has 6 heteroatoms. The molecule has 2 amide bonds. The van der Waals surface area contributed by atoms with Crippen LogP contribution in [0.15, 0.2) is 59.5 Å². The fraction of sp³-hybridized carbons (Fsp3) is 0.316. The van der Waals surface area contributed by atoms with Crippen LogP contribution in [0.4, 0.5) is 10.5 Å². The Bertz CT molecular complexity index is 706. The predicted octanol–water partition coefficient (Wildman–Crippen LogP) is 4.80. The van der Waals surface area contributed by atoms with Gasteiger partial charge in [-0.15, -0.1) is 11.8 Å². The number of amides is 2. The van der Waals surface area contributed by atoms with Crippen molar-refractivity contribution in [1.29, 1.82) is 0 Å². The van der Waals surface area contributed by atoms with Crippen LogP contribution in [-0.4, -0.2) is 30.5 Å². The number of carbonyl (C=O) groups excluding carboxylic acids is 1. The van der Waals surface area contributed by atoms with Crippen LogP contribution in [0.3, 0.4) is 0 Å². The Labute approximate surface area is 157 Å². The number of nitrogens with one attached hydrogen (secondary N) is 2. The first-order valence-corrected chi connectivity index (χ1v) is 9.47. The molecule has 0 unspecified atom stereocenters. The van der Waals surface area contributed by atoms with E-state index in [1.54, 1.807) is 12.1 Å². The summed E-state index contributed by atoms with van der Waals surface area (Å²) in [5.74, 6) is 0. The van der Waals surface area contributed by atoms with Crippen molar-refractivity contribution in [3.8, 4) is 0 Å². The molecule has 0 radical (unpaired) electrons. The van der Waals surface area contributed by atoms with E-state index in [2.05, 4.69) is 22.8 Å². The summed E-state index contributed by atoms with van der Waals surface area (Å²) in [5, 5.41) is 6.44. The maximum Gasteiger partial charge on any atom is 0.319 e. The summed E-state index contributed by atoms with van der Waals surface area (Å²) in [6.07, 6.45) is 1.81. The summed E-state index contributed by atoms with van der Waals surface area (Å²) in [6, 6.07) is 17.2. The smallest absolute Gasteiger partial charge is 0.319 e. The minimum Gasteiger partial charge on any atom is -0.381 e. The molecule has 2 N–H and O–H groups in total. The maximum absolute atomic E-state index is 12.3. The van der Waals surface area contributed by atoms with Gasteiger partial charge in [-0.3, -0.25) is 0 Å². The van der Waals surface area contributed by atoms with Crippen molar-refractivity contribution in [2.75, 3.05) is 25.1 Å². The van der Waals surface area contributed by atoms with Crippen LogP contribution in [0.2, 0.25) is 5.02 Å². The van der Waals surface area contributed by atoms with E-state index >= 15 is 0 Å². The fourth-order valence-electron chi connectivity index (χ4n) is 2.78. The van der Waals surface area contributed by atoms with E-state index in [4.69, 9.17) is 16.3 Å². The number of rotatable bonds is 5. The highest BCUT2D eigenvalue weighted by atomic mass is 35.5. The first kappa shape index (κ1) is 18.1. The van der Waals surface area contributed by atoms with Crippen molar-refractivity contribution in [3.05, 3.63) is 59.6 Å². The number of anilines is 1. The van der Waals surface area contributed by atoms with Crippen molar-refractivity contribution in [2.24, 2.45) is 0 Å². The van der Waals surface area contributed by atoms with Gasteiger partial charge in [-0.25, -0.2) is 4.79 Å². The number of ether oxygens (including phenoxy) is 1. The average molecular weight is 377 g/mol. The third-order valence-electron chi connectivity index (χ3n) is 4.14. The van der Waals surface area contributed by atoms with E-state index < -0.39 is 0 Å². The maximum atomic E-state index is 12.3. The first-order valence-electron chi connectivity index (χ1n) is 8.27. The Hall–Kier alpha value is -1.69. The second kappa shape index (κ2) is 8.61. The van der Waals surface area contributed by atoms with Gasteiger partial charge in [0.25, 0.3) is 0 Å². The van der Waals surface area contributed by atoms with E-state index in [1.807, 2.05) is 42.1 Å². The minimum atomic E-state index is -0.221. The minimum absolute atomic E-state index is 0.0503. The van der Waals surface area contributed by atoms with Gasteiger partial charge in [-0.1, -0.05) is 35.9 Å². The molecule has 0 aliphatic carbocycles. The number of benzene rings is 2. The van der Waals surface area contributed by atoms with Crippen LogP contribution in [0.5, 0.6) is 0 Å². The molecule has 1 aliphatic rings. The van der Waals surface area contributed by atoms with E-state index in [0.717, 1.165) is 26.1 Å². The first-order chi connectivity index (χ1) is 12.2.